The van der Waals surface area contributed by atoms with Crippen molar-refractivity contribution in [3.05, 3.63) is 106 Å². The highest BCUT2D eigenvalue weighted by Crippen LogP contribution is 2.44. The third-order valence-electron chi connectivity index (χ3n) is 6.07. The number of hydrogen-bond donors (Lipinski definition) is 1. The maximum absolute atomic E-state index is 13.3. The molecule has 1 aromatic heterocycles. The summed E-state index contributed by atoms with van der Waals surface area (Å²) in [5.74, 6) is -0.388. The lowest BCUT2D eigenvalue weighted by atomic mass is 10.1. The number of rotatable bonds is 7. The Balaban J connectivity index is 1.36. The SMILES string of the molecule is COc1ccc(C=Cc2ccc(-c3cc4c(s3)CN(C(C(=O)O)c3ccccc3)S4(=O)=O)cc2)cc1. The van der Waals surface area contributed by atoms with Crippen LogP contribution in [0.3, 0.4) is 0 Å². The minimum absolute atomic E-state index is 0.0386. The van der Waals surface area contributed by atoms with Gasteiger partial charge in [0, 0.05) is 9.75 Å². The molecule has 1 atom stereocenters. The van der Waals surface area contributed by atoms with E-state index in [0.717, 1.165) is 31.6 Å². The molecule has 1 N–H and O–H groups in total. The second kappa shape index (κ2) is 9.73. The predicted molar refractivity (Wildman–Crippen MR) is 141 cm³/mol. The van der Waals surface area contributed by atoms with Crippen LogP contribution >= 0.6 is 11.3 Å². The second-order valence-corrected chi connectivity index (χ2v) is 11.3. The van der Waals surface area contributed by atoms with E-state index in [1.165, 1.54) is 11.3 Å². The van der Waals surface area contributed by atoms with E-state index in [0.29, 0.717) is 10.4 Å². The molecule has 0 saturated carbocycles. The Kier molecular flexibility index (Phi) is 6.49. The highest BCUT2D eigenvalue weighted by atomic mass is 32.2. The molecule has 2 heterocycles. The maximum Gasteiger partial charge on any atom is 0.326 e. The van der Waals surface area contributed by atoms with Crippen molar-refractivity contribution >= 4 is 39.5 Å². The van der Waals surface area contributed by atoms with Gasteiger partial charge in [-0.3, -0.25) is 4.79 Å². The fraction of sp³-hybridized carbons (Fsp3) is 0.107. The quantitative estimate of drug-likeness (QED) is 0.308. The van der Waals surface area contributed by atoms with E-state index in [1.54, 1.807) is 43.5 Å². The molecule has 3 aromatic carbocycles. The Morgan fingerprint density at radius 3 is 2.14 bits per heavy atom. The minimum atomic E-state index is -3.94. The first-order valence-corrected chi connectivity index (χ1v) is 13.5. The van der Waals surface area contributed by atoms with Crippen molar-refractivity contribution in [1.29, 1.82) is 0 Å². The number of benzene rings is 3. The lowest BCUT2D eigenvalue weighted by Gasteiger charge is -2.23. The van der Waals surface area contributed by atoms with Gasteiger partial charge in [0.05, 0.1) is 18.6 Å². The fourth-order valence-corrected chi connectivity index (χ4v) is 7.52. The monoisotopic (exact) mass is 517 g/mol. The summed E-state index contributed by atoms with van der Waals surface area (Å²) in [4.78, 5) is 13.7. The average molecular weight is 518 g/mol. The van der Waals surface area contributed by atoms with Crippen LogP contribution in [-0.4, -0.2) is 30.9 Å². The zero-order chi connectivity index (χ0) is 25.3. The number of methoxy groups -OCH3 is 1. The number of thiophene rings is 1. The summed E-state index contributed by atoms with van der Waals surface area (Å²) in [6, 6.07) is 24.5. The Morgan fingerprint density at radius 2 is 1.58 bits per heavy atom. The van der Waals surface area contributed by atoms with E-state index in [9.17, 15) is 18.3 Å². The van der Waals surface area contributed by atoms with E-state index in [2.05, 4.69) is 0 Å². The summed E-state index contributed by atoms with van der Waals surface area (Å²) in [7, 11) is -2.30. The number of hydrogen-bond acceptors (Lipinski definition) is 5. The summed E-state index contributed by atoms with van der Waals surface area (Å²) in [6.45, 7) is 0.0386. The number of sulfonamides is 1. The summed E-state index contributed by atoms with van der Waals surface area (Å²) in [5, 5.41) is 9.82. The molecule has 0 spiro atoms. The summed E-state index contributed by atoms with van der Waals surface area (Å²) < 4.78 is 32.9. The van der Waals surface area contributed by atoms with Gasteiger partial charge in [0.2, 0.25) is 10.0 Å². The van der Waals surface area contributed by atoms with Crippen LogP contribution < -0.4 is 4.74 Å². The van der Waals surface area contributed by atoms with Gasteiger partial charge in [-0.15, -0.1) is 11.3 Å². The van der Waals surface area contributed by atoms with Crippen molar-refractivity contribution in [1.82, 2.24) is 4.31 Å². The Hall–Kier alpha value is -3.72. The average Bonchev–Trinajstić information content (AvgIpc) is 3.42. The first-order valence-electron chi connectivity index (χ1n) is 11.2. The molecule has 8 heteroatoms. The maximum atomic E-state index is 13.3. The highest BCUT2D eigenvalue weighted by molar-refractivity contribution is 7.89. The zero-order valence-corrected chi connectivity index (χ0v) is 21.0. The van der Waals surface area contributed by atoms with E-state index in [1.807, 2.05) is 60.7 Å². The topological polar surface area (TPSA) is 83.9 Å². The summed E-state index contributed by atoms with van der Waals surface area (Å²) >= 11 is 1.38. The van der Waals surface area contributed by atoms with E-state index >= 15 is 0 Å². The Bertz CT molecular complexity index is 1520. The predicted octanol–water partition coefficient (Wildman–Crippen LogP) is 5.92. The van der Waals surface area contributed by atoms with Crippen molar-refractivity contribution in [2.45, 2.75) is 17.5 Å². The number of nitrogens with zero attached hydrogens (tertiary/aromatic N) is 1. The second-order valence-electron chi connectivity index (χ2n) is 8.33. The third kappa shape index (κ3) is 4.58. The number of aliphatic carboxylic acids is 1. The molecule has 182 valence electrons. The van der Waals surface area contributed by atoms with Gasteiger partial charge in [0.1, 0.15) is 11.8 Å². The molecule has 0 saturated heterocycles. The van der Waals surface area contributed by atoms with Crippen molar-refractivity contribution in [3.63, 3.8) is 0 Å². The van der Waals surface area contributed by atoms with Crippen LogP contribution in [0.1, 0.15) is 27.6 Å². The largest absolute Gasteiger partial charge is 0.497 e. The molecule has 36 heavy (non-hydrogen) atoms. The summed E-state index contributed by atoms with van der Waals surface area (Å²) in [5.41, 5.74) is 3.42. The van der Waals surface area contributed by atoms with Gasteiger partial charge < -0.3 is 9.84 Å². The van der Waals surface area contributed by atoms with Crippen LogP contribution in [-0.2, 0) is 21.4 Å². The first-order chi connectivity index (χ1) is 17.4. The van der Waals surface area contributed by atoms with Crippen LogP contribution in [0.2, 0.25) is 0 Å². The number of carbonyl (C=O) groups is 1. The van der Waals surface area contributed by atoms with Gasteiger partial charge in [-0.25, -0.2) is 8.42 Å². The lowest BCUT2D eigenvalue weighted by molar-refractivity contribution is -0.141. The molecule has 0 bridgehead atoms. The van der Waals surface area contributed by atoms with Crippen LogP contribution in [0.5, 0.6) is 5.75 Å². The lowest BCUT2D eigenvalue weighted by Crippen LogP contribution is -2.34. The number of carboxylic acids is 1. The highest BCUT2D eigenvalue weighted by Gasteiger charge is 2.44. The fourth-order valence-electron chi connectivity index (χ4n) is 4.20. The molecular formula is C28H23NO5S2. The molecule has 1 aliphatic rings. The molecule has 6 nitrogen and oxygen atoms in total. The van der Waals surface area contributed by atoms with Gasteiger partial charge in [0.25, 0.3) is 0 Å². The van der Waals surface area contributed by atoms with Crippen molar-refractivity contribution in [2.24, 2.45) is 0 Å². The molecule has 0 radical (unpaired) electrons. The van der Waals surface area contributed by atoms with Crippen LogP contribution in [0, 0.1) is 0 Å². The smallest absolute Gasteiger partial charge is 0.326 e. The van der Waals surface area contributed by atoms with Crippen LogP contribution in [0.25, 0.3) is 22.6 Å². The Labute approximate surface area is 213 Å². The van der Waals surface area contributed by atoms with Crippen molar-refractivity contribution < 1.29 is 23.1 Å². The van der Waals surface area contributed by atoms with Gasteiger partial charge in [-0.2, -0.15) is 4.31 Å². The molecule has 0 amide bonds. The van der Waals surface area contributed by atoms with Crippen molar-refractivity contribution in [3.8, 4) is 16.2 Å². The van der Waals surface area contributed by atoms with Gasteiger partial charge in [-0.1, -0.05) is 78.9 Å². The van der Waals surface area contributed by atoms with Gasteiger partial charge in [0.15, 0.2) is 0 Å². The van der Waals surface area contributed by atoms with E-state index in [4.69, 9.17) is 4.74 Å². The number of carboxylic acid groups (broad SMARTS) is 1. The molecule has 1 unspecified atom stereocenters. The molecule has 5 rings (SSSR count). The molecule has 0 aliphatic carbocycles. The van der Waals surface area contributed by atoms with Crippen molar-refractivity contribution in [2.75, 3.05) is 7.11 Å². The first kappa shape index (κ1) is 24.0. The van der Waals surface area contributed by atoms with Gasteiger partial charge in [-0.05, 0) is 40.5 Å². The summed E-state index contributed by atoms with van der Waals surface area (Å²) in [6.07, 6.45) is 4.03. The molecule has 4 aromatic rings. The van der Waals surface area contributed by atoms with Gasteiger partial charge >= 0.3 is 5.97 Å². The van der Waals surface area contributed by atoms with Crippen LogP contribution in [0.4, 0.5) is 0 Å². The van der Waals surface area contributed by atoms with E-state index < -0.39 is 22.0 Å². The minimum Gasteiger partial charge on any atom is -0.497 e. The van der Waals surface area contributed by atoms with E-state index in [-0.39, 0.29) is 11.4 Å². The molecule has 0 fully saturated rings. The Morgan fingerprint density at radius 1 is 0.972 bits per heavy atom. The third-order valence-corrected chi connectivity index (χ3v) is 9.25. The molecule has 1 aliphatic heterocycles. The number of fused-ring (bicyclic) bond motifs is 1. The molecular weight excluding hydrogens is 494 g/mol. The number of ether oxygens (including phenoxy) is 1. The van der Waals surface area contributed by atoms with Crippen LogP contribution in [0.15, 0.2) is 89.8 Å². The zero-order valence-electron chi connectivity index (χ0n) is 19.4. The standard InChI is InChI=1S/C28H23NO5S2/c1-34-23-15-11-20(12-16-23)8-7-19-9-13-21(14-10-19)24-17-26-25(35-24)18-29(36(26,32)33)27(28(30)31)22-5-3-2-4-6-22/h2-17,27H,18H2,1H3,(H,30,31). The normalized spacial score (nSPS) is 15.6.